The SMILES string of the molecule is Nc1ccc(I)c(NC(=O)c2ccccc2)c1. The molecule has 0 unspecified atom stereocenters. The fourth-order valence-corrected chi connectivity index (χ4v) is 1.89. The number of rotatable bonds is 2. The fourth-order valence-electron chi connectivity index (χ4n) is 1.42. The van der Waals surface area contributed by atoms with Crippen LogP contribution in [-0.2, 0) is 0 Å². The number of halogens is 1. The lowest BCUT2D eigenvalue weighted by Crippen LogP contribution is -2.12. The summed E-state index contributed by atoms with van der Waals surface area (Å²) in [6.45, 7) is 0. The van der Waals surface area contributed by atoms with Gasteiger partial charge in [-0.05, 0) is 52.9 Å². The minimum Gasteiger partial charge on any atom is -0.399 e. The average Bonchev–Trinajstić information content (AvgIpc) is 2.35. The second-order valence-corrected chi connectivity index (χ2v) is 4.72. The molecule has 17 heavy (non-hydrogen) atoms. The lowest BCUT2D eigenvalue weighted by atomic mass is 10.2. The third kappa shape index (κ3) is 2.97. The minimum absolute atomic E-state index is 0.130. The van der Waals surface area contributed by atoms with E-state index >= 15 is 0 Å². The Balaban J connectivity index is 2.22. The number of nitrogens with one attached hydrogen (secondary N) is 1. The van der Waals surface area contributed by atoms with E-state index in [1.807, 2.05) is 24.3 Å². The van der Waals surface area contributed by atoms with Crippen molar-refractivity contribution in [3.63, 3.8) is 0 Å². The van der Waals surface area contributed by atoms with Crippen LogP contribution < -0.4 is 11.1 Å². The number of hydrogen-bond acceptors (Lipinski definition) is 2. The van der Waals surface area contributed by atoms with Gasteiger partial charge in [-0.3, -0.25) is 4.79 Å². The number of carbonyl (C=O) groups excluding carboxylic acids is 1. The van der Waals surface area contributed by atoms with Crippen molar-refractivity contribution in [3.8, 4) is 0 Å². The normalized spacial score (nSPS) is 9.94. The molecule has 0 spiro atoms. The molecule has 0 radical (unpaired) electrons. The van der Waals surface area contributed by atoms with E-state index in [2.05, 4.69) is 27.9 Å². The van der Waals surface area contributed by atoms with Crippen LogP contribution in [0.1, 0.15) is 10.4 Å². The zero-order valence-corrected chi connectivity index (χ0v) is 11.1. The molecule has 0 saturated heterocycles. The maximum Gasteiger partial charge on any atom is 0.255 e. The molecular weight excluding hydrogens is 327 g/mol. The van der Waals surface area contributed by atoms with Gasteiger partial charge in [0.1, 0.15) is 0 Å². The summed E-state index contributed by atoms with van der Waals surface area (Å²) in [6.07, 6.45) is 0. The van der Waals surface area contributed by atoms with Crippen molar-refractivity contribution in [2.45, 2.75) is 0 Å². The van der Waals surface area contributed by atoms with E-state index < -0.39 is 0 Å². The molecule has 3 nitrogen and oxygen atoms in total. The molecule has 0 aromatic heterocycles. The second kappa shape index (κ2) is 5.18. The number of benzene rings is 2. The van der Waals surface area contributed by atoms with Crippen molar-refractivity contribution in [2.75, 3.05) is 11.1 Å². The van der Waals surface area contributed by atoms with E-state index in [9.17, 15) is 4.79 Å². The maximum absolute atomic E-state index is 11.9. The van der Waals surface area contributed by atoms with Crippen LogP contribution in [0.3, 0.4) is 0 Å². The van der Waals surface area contributed by atoms with Gasteiger partial charge in [0.25, 0.3) is 5.91 Å². The lowest BCUT2D eigenvalue weighted by Gasteiger charge is -2.08. The highest BCUT2D eigenvalue weighted by Gasteiger charge is 2.07. The van der Waals surface area contributed by atoms with Crippen molar-refractivity contribution in [2.24, 2.45) is 0 Å². The van der Waals surface area contributed by atoms with E-state index in [1.165, 1.54) is 0 Å². The highest BCUT2D eigenvalue weighted by atomic mass is 127. The third-order valence-corrected chi connectivity index (χ3v) is 3.22. The molecule has 0 atom stereocenters. The molecule has 0 saturated carbocycles. The van der Waals surface area contributed by atoms with Gasteiger partial charge in [-0.1, -0.05) is 18.2 Å². The van der Waals surface area contributed by atoms with Crippen molar-refractivity contribution in [3.05, 3.63) is 57.7 Å². The first-order chi connectivity index (χ1) is 8.16. The van der Waals surface area contributed by atoms with E-state index in [1.54, 1.807) is 24.3 Å². The Morgan fingerprint density at radius 1 is 1.12 bits per heavy atom. The fraction of sp³-hybridized carbons (Fsp3) is 0. The monoisotopic (exact) mass is 338 g/mol. The predicted molar refractivity (Wildman–Crippen MR) is 78.0 cm³/mol. The van der Waals surface area contributed by atoms with Crippen molar-refractivity contribution in [1.82, 2.24) is 0 Å². The number of nitrogens with two attached hydrogens (primary N) is 1. The van der Waals surface area contributed by atoms with Gasteiger partial charge in [0.15, 0.2) is 0 Å². The summed E-state index contributed by atoms with van der Waals surface area (Å²) < 4.78 is 0.959. The van der Waals surface area contributed by atoms with Gasteiger partial charge in [0.2, 0.25) is 0 Å². The molecule has 3 N–H and O–H groups in total. The summed E-state index contributed by atoms with van der Waals surface area (Å²) in [5.41, 5.74) is 7.69. The Bertz CT molecular complexity index is 540. The smallest absolute Gasteiger partial charge is 0.255 e. The average molecular weight is 338 g/mol. The largest absolute Gasteiger partial charge is 0.399 e. The van der Waals surface area contributed by atoms with Crippen LogP contribution in [0.15, 0.2) is 48.5 Å². The Kier molecular flexibility index (Phi) is 3.63. The Morgan fingerprint density at radius 2 is 1.82 bits per heavy atom. The molecule has 0 heterocycles. The van der Waals surface area contributed by atoms with Gasteiger partial charge < -0.3 is 11.1 Å². The van der Waals surface area contributed by atoms with E-state index in [0.29, 0.717) is 11.3 Å². The zero-order valence-electron chi connectivity index (χ0n) is 8.98. The molecule has 0 aliphatic carbocycles. The van der Waals surface area contributed by atoms with Crippen LogP contribution in [0.2, 0.25) is 0 Å². The molecule has 0 aliphatic heterocycles. The summed E-state index contributed by atoms with van der Waals surface area (Å²) in [6, 6.07) is 14.5. The first kappa shape index (κ1) is 11.9. The summed E-state index contributed by atoms with van der Waals surface area (Å²) >= 11 is 2.16. The predicted octanol–water partition coefficient (Wildman–Crippen LogP) is 3.13. The highest BCUT2D eigenvalue weighted by Crippen LogP contribution is 2.21. The van der Waals surface area contributed by atoms with Gasteiger partial charge in [0, 0.05) is 14.8 Å². The molecule has 1 amide bonds. The summed E-state index contributed by atoms with van der Waals surface area (Å²) in [4.78, 5) is 11.9. The molecule has 86 valence electrons. The zero-order chi connectivity index (χ0) is 12.3. The van der Waals surface area contributed by atoms with Crippen LogP contribution in [0.5, 0.6) is 0 Å². The van der Waals surface area contributed by atoms with E-state index in [4.69, 9.17) is 5.73 Å². The number of anilines is 2. The molecule has 4 heteroatoms. The molecule has 0 bridgehead atoms. The quantitative estimate of drug-likeness (QED) is 0.653. The van der Waals surface area contributed by atoms with Gasteiger partial charge in [-0.2, -0.15) is 0 Å². The molecular formula is C13H11IN2O. The standard InChI is InChI=1S/C13H11IN2O/c14-11-7-6-10(15)8-12(11)16-13(17)9-4-2-1-3-5-9/h1-8H,15H2,(H,16,17). The van der Waals surface area contributed by atoms with Crippen LogP contribution in [0.25, 0.3) is 0 Å². The minimum atomic E-state index is -0.130. The van der Waals surface area contributed by atoms with Gasteiger partial charge in [-0.15, -0.1) is 0 Å². The topological polar surface area (TPSA) is 55.1 Å². The first-order valence-corrected chi connectivity index (χ1v) is 6.16. The lowest BCUT2D eigenvalue weighted by molar-refractivity contribution is 0.102. The van der Waals surface area contributed by atoms with Crippen LogP contribution >= 0.6 is 22.6 Å². The van der Waals surface area contributed by atoms with Gasteiger partial charge in [0.05, 0.1) is 5.69 Å². The van der Waals surface area contributed by atoms with Crippen LogP contribution in [-0.4, -0.2) is 5.91 Å². The van der Waals surface area contributed by atoms with E-state index in [-0.39, 0.29) is 5.91 Å². The van der Waals surface area contributed by atoms with Gasteiger partial charge in [-0.25, -0.2) is 0 Å². The molecule has 0 aliphatic rings. The molecule has 2 aromatic rings. The first-order valence-electron chi connectivity index (χ1n) is 5.08. The molecule has 0 fully saturated rings. The second-order valence-electron chi connectivity index (χ2n) is 3.56. The van der Waals surface area contributed by atoms with Crippen molar-refractivity contribution >= 4 is 39.9 Å². The molecule has 2 rings (SSSR count). The summed E-state index contributed by atoms with van der Waals surface area (Å²) in [7, 11) is 0. The number of hydrogen-bond donors (Lipinski definition) is 2. The Hall–Kier alpha value is -1.56. The van der Waals surface area contributed by atoms with E-state index in [0.717, 1.165) is 9.26 Å². The van der Waals surface area contributed by atoms with Gasteiger partial charge >= 0.3 is 0 Å². The molecule has 2 aromatic carbocycles. The summed E-state index contributed by atoms with van der Waals surface area (Å²) in [5.74, 6) is -0.130. The number of nitrogen functional groups attached to an aromatic ring is 1. The van der Waals surface area contributed by atoms with Crippen LogP contribution in [0.4, 0.5) is 11.4 Å². The highest BCUT2D eigenvalue weighted by molar-refractivity contribution is 14.1. The third-order valence-electron chi connectivity index (χ3n) is 2.27. The van der Waals surface area contributed by atoms with Crippen molar-refractivity contribution in [1.29, 1.82) is 0 Å². The number of carbonyl (C=O) groups is 1. The Labute approximate surface area is 113 Å². The maximum atomic E-state index is 11.9. The Morgan fingerprint density at radius 3 is 2.53 bits per heavy atom. The summed E-state index contributed by atoms with van der Waals surface area (Å²) in [5, 5.41) is 2.84. The van der Waals surface area contributed by atoms with Crippen molar-refractivity contribution < 1.29 is 4.79 Å². The number of amides is 1. The van der Waals surface area contributed by atoms with Crippen LogP contribution in [0, 0.1) is 3.57 Å².